The summed E-state index contributed by atoms with van der Waals surface area (Å²) in [5.74, 6) is -0.679. The molecular formula is C24H19FN4O4. The third-order valence-electron chi connectivity index (χ3n) is 5.28. The number of benzene rings is 2. The number of rotatable bonds is 5. The van der Waals surface area contributed by atoms with E-state index in [1.54, 1.807) is 36.2 Å². The number of carbonyl (C=O) groups is 1. The second-order valence-electron chi connectivity index (χ2n) is 7.62. The van der Waals surface area contributed by atoms with Gasteiger partial charge >= 0.3 is 11.7 Å². The van der Waals surface area contributed by atoms with Gasteiger partial charge in [-0.15, -0.1) is 0 Å². The molecule has 166 valence electrons. The molecule has 0 saturated heterocycles. The molecule has 0 aliphatic carbocycles. The molecule has 1 aliphatic rings. The standard InChI is InChI=1S/C24H19FN4O4/c1-28-13-18(23(31)33-14-17-6-8-19(25)9-7-17)10-20-21(28)27-24(32)29(22(20)30)12-16-4-2-15(11-26)3-5-16/h2-10H,12-14H2,1H3,(H,27,32). The summed E-state index contributed by atoms with van der Waals surface area (Å²) in [4.78, 5) is 42.6. The van der Waals surface area contributed by atoms with E-state index < -0.39 is 17.2 Å². The van der Waals surface area contributed by atoms with E-state index in [0.717, 1.165) is 4.57 Å². The van der Waals surface area contributed by atoms with Crippen molar-refractivity contribution in [3.63, 3.8) is 0 Å². The van der Waals surface area contributed by atoms with Crippen LogP contribution < -0.4 is 16.1 Å². The third-order valence-corrected chi connectivity index (χ3v) is 5.28. The van der Waals surface area contributed by atoms with Gasteiger partial charge in [0, 0.05) is 7.05 Å². The molecule has 8 nitrogen and oxygen atoms in total. The molecule has 0 unspecified atom stereocenters. The number of aromatic nitrogens is 2. The lowest BCUT2D eigenvalue weighted by molar-refractivity contribution is -0.140. The van der Waals surface area contributed by atoms with Crippen LogP contribution >= 0.6 is 0 Å². The average Bonchev–Trinajstić information content (AvgIpc) is 2.82. The van der Waals surface area contributed by atoms with E-state index in [1.807, 2.05) is 6.07 Å². The number of esters is 1. The molecule has 2 heterocycles. The van der Waals surface area contributed by atoms with E-state index in [4.69, 9.17) is 10.00 Å². The summed E-state index contributed by atoms with van der Waals surface area (Å²) in [6.07, 6.45) is 1.43. The van der Waals surface area contributed by atoms with Crippen LogP contribution in [-0.4, -0.2) is 29.1 Å². The van der Waals surface area contributed by atoms with Crippen molar-refractivity contribution in [2.24, 2.45) is 0 Å². The van der Waals surface area contributed by atoms with E-state index in [-0.39, 0.29) is 36.7 Å². The molecule has 0 radical (unpaired) electrons. The normalized spacial score (nSPS) is 12.5. The number of aromatic amines is 1. The maximum absolute atomic E-state index is 13.1. The predicted molar refractivity (Wildman–Crippen MR) is 119 cm³/mol. The number of fused-ring (bicyclic) bond motifs is 1. The van der Waals surface area contributed by atoms with Crippen molar-refractivity contribution in [3.8, 4) is 6.07 Å². The number of halogens is 1. The molecule has 3 aromatic rings. The van der Waals surface area contributed by atoms with Crippen LogP contribution in [0.2, 0.25) is 0 Å². The highest BCUT2D eigenvalue weighted by Crippen LogP contribution is 2.23. The molecule has 0 spiro atoms. The highest BCUT2D eigenvalue weighted by atomic mass is 19.1. The fourth-order valence-electron chi connectivity index (χ4n) is 3.52. The Labute approximate surface area is 187 Å². The summed E-state index contributed by atoms with van der Waals surface area (Å²) in [7, 11) is 1.65. The third kappa shape index (κ3) is 4.60. The Balaban J connectivity index is 1.61. The molecule has 0 amide bonds. The second-order valence-corrected chi connectivity index (χ2v) is 7.62. The summed E-state index contributed by atoms with van der Waals surface area (Å²) in [6.45, 7) is 0.112. The summed E-state index contributed by atoms with van der Waals surface area (Å²) in [5.41, 5.74) is 1.07. The summed E-state index contributed by atoms with van der Waals surface area (Å²) in [6, 6.07) is 14.2. The molecule has 0 atom stereocenters. The van der Waals surface area contributed by atoms with Crippen LogP contribution in [0.25, 0.3) is 6.08 Å². The predicted octanol–water partition coefficient (Wildman–Crippen LogP) is 2.17. The van der Waals surface area contributed by atoms with Crippen molar-refractivity contribution in [1.82, 2.24) is 9.55 Å². The molecule has 1 N–H and O–H groups in total. The Morgan fingerprint density at radius 3 is 2.45 bits per heavy atom. The molecule has 1 aliphatic heterocycles. The summed E-state index contributed by atoms with van der Waals surface area (Å²) >= 11 is 0. The number of nitrogens with zero attached hydrogens (tertiary/aromatic N) is 3. The zero-order valence-electron chi connectivity index (χ0n) is 17.7. The Morgan fingerprint density at radius 1 is 1.12 bits per heavy atom. The zero-order chi connectivity index (χ0) is 23.5. The van der Waals surface area contributed by atoms with Crippen LogP contribution in [-0.2, 0) is 22.7 Å². The van der Waals surface area contributed by atoms with Gasteiger partial charge in [-0.25, -0.2) is 14.0 Å². The van der Waals surface area contributed by atoms with Crippen molar-refractivity contribution in [3.05, 3.63) is 103 Å². The number of hydrogen-bond acceptors (Lipinski definition) is 6. The lowest BCUT2D eigenvalue weighted by Crippen LogP contribution is -2.41. The minimum Gasteiger partial charge on any atom is -0.457 e. The van der Waals surface area contributed by atoms with Crippen molar-refractivity contribution in [2.75, 3.05) is 18.5 Å². The molecule has 9 heteroatoms. The minimum atomic E-state index is -0.610. The van der Waals surface area contributed by atoms with Crippen molar-refractivity contribution in [2.45, 2.75) is 13.2 Å². The fourth-order valence-corrected chi connectivity index (χ4v) is 3.52. The van der Waals surface area contributed by atoms with Crippen LogP contribution in [0.5, 0.6) is 0 Å². The first-order chi connectivity index (χ1) is 15.9. The highest BCUT2D eigenvalue weighted by Gasteiger charge is 2.25. The molecule has 0 bridgehead atoms. The molecule has 33 heavy (non-hydrogen) atoms. The number of hydrogen-bond donors (Lipinski definition) is 1. The van der Waals surface area contributed by atoms with Crippen molar-refractivity contribution >= 4 is 17.9 Å². The molecule has 0 saturated carbocycles. The van der Waals surface area contributed by atoms with Crippen molar-refractivity contribution in [1.29, 1.82) is 5.26 Å². The number of likely N-dealkylation sites (N-methyl/N-ethyl adjacent to an activating group) is 1. The monoisotopic (exact) mass is 446 g/mol. The van der Waals surface area contributed by atoms with Gasteiger partial charge in [0.15, 0.2) is 0 Å². The van der Waals surface area contributed by atoms with Gasteiger partial charge in [0.25, 0.3) is 5.56 Å². The van der Waals surface area contributed by atoms with Gasteiger partial charge in [-0.2, -0.15) is 5.26 Å². The first-order valence-corrected chi connectivity index (χ1v) is 10.0. The number of nitriles is 1. The van der Waals surface area contributed by atoms with Crippen LogP contribution in [0, 0.1) is 17.1 Å². The Kier molecular flexibility index (Phi) is 5.91. The Bertz CT molecular complexity index is 1400. The minimum absolute atomic E-state index is 0.00898. The summed E-state index contributed by atoms with van der Waals surface area (Å²) < 4.78 is 19.4. The zero-order valence-corrected chi connectivity index (χ0v) is 17.7. The first kappa shape index (κ1) is 21.8. The van der Waals surface area contributed by atoms with Gasteiger partial charge in [0.1, 0.15) is 18.2 Å². The number of carbonyl (C=O) groups excluding carboxylic acids is 1. The van der Waals surface area contributed by atoms with Crippen LogP contribution in [0.1, 0.15) is 22.3 Å². The van der Waals surface area contributed by atoms with E-state index in [1.165, 1.54) is 30.3 Å². The van der Waals surface area contributed by atoms with Crippen molar-refractivity contribution < 1.29 is 13.9 Å². The smallest absolute Gasteiger partial charge is 0.336 e. The molecule has 2 aromatic carbocycles. The molecule has 4 rings (SSSR count). The summed E-state index contributed by atoms with van der Waals surface area (Å²) in [5, 5.41) is 8.92. The second kappa shape index (κ2) is 8.96. The average molecular weight is 446 g/mol. The SMILES string of the molecule is CN1CC(C(=O)OCc2ccc(F)cc2)=Cc2c1[nH]c(=O)n(Cc1ccc(C#N)cc1)c2=O. The lowest BCUT2D eigenvalue weighted by Gasteiger charge is -2.26. The van der Waals surface area contributed by atoms with Gasteiger partial charge in [-0.3, -0.25) is 14.3 Å². The van der Waals surface area contributed by atoms with Crippen LogP contribution in [0.15, 0.2) is 63.7 Å². The van der Waals surface area contributed by atoms with Gasteiger partial charge in [-0.05, 0) is 41.5 Å². The van der Waals surface area contributed by atoms with Gasteiger partial charge < -0.3 is 9.64 Å². The van der Waals surface area contributed by atoms with Gasteiger partial charge in [-0.1, -0.05) is 24.3 Å². The van der Waals surface area contributed by atoms with Crippen LogP contribution in [0.4, 0.5) is 10.2 Å². The fraction of sp³-hybridized carbons (Fsp3) is 0.167. The number of H-pyrrole nitrogens is 1. The van der Waals surface area contributed by atoms with E-state index >= 15 is 0 Å². The highest BCUT2D eigenvalue weighted by molar-refractivity contribution is 5.97. The molecular weight excluding hydrogens is 427 g/mol. The quantitative estimate of drug-likeness (QED) is 0.602. The number of anilines is 1. The maximum atomic E-state index is 13.1. The molecule has 1 aromatic heterocycles. The topological polar surface area (TPSA) is 108 Å². The lowest BCUT2D eigenvalue weighted by atomic mass is 10.1. The number of nitrogens with one attached hydrogen (secondary N) is 1. The van der Waals surface area contributed by atoms with E-state index in [0.29, 0.717) is 22.5 Å². The van der Waals surface area contributed by atoms with Gasteiger partial charge in [0.05, 0.1) is 35.9 Å². The first-order valence-electron chi connectivity index (χ1n) is 10.0. The van der Waals surface area contributed by atoms with Crippen LogP contribution in [0.3, 0.4) is 0 Å². The Hall–Kier alpha value is -4.45. The number of ether oxygens (including phenoxy) is 1. The van der Waals surface area contributed by atoms with Gasteiger partial charge in [0.2, 0.25) is 0 Å². The van der Waals surface area contributed by atoms with E-state index in [2.05, 4.69) is 4.98 Å². The maximum Gasteiger partial charge on any atom is 0.336 e. The Morgan fingerprint density at radius 2 is 1.79 bits per heavy atom. The van der Waals surface area contributed by atoms with E-state index in [9.17, 15) is 18.8 Å². The largest absolute Gasteiger partial charge is 0.457 e. The molecule has 0 fully saturated rings.